The van der Waals surface area contributed by atoms with E-state index in [-0.39, 0.29) is 11.3 Å². The van der Waals surface area contributed by atoms with Crippen LogP contribution in [0.3, 0.4) is 0 Å². The fraction of sp³-hybridized carbons (Fsp3) is 0.565. The average molecular weight is 398 g/mol. The summed E-state index contributed by atoms with van der Waals surface area (Å²) in [6.45, 7) is 6.34. The van der Waals surface area contributed by atoms with Gasteiger partial charge in [-0.2, -0.15) is 0 Å². The number of nitrogens with one attached hydrogen (secondary N) is 3. The molecule has 0 radical (unpaired) electrons. The van der Waals surface area contributed by atoms with Crippen LogP contribution in [0.25, 0.3) is 10.9 Å². The molecular weight excluding hydrogens is 362 g/mol. The first kappa shape index (κ1) is 21.2. The van der Waals surface area contributed by atoms with Gasteiger partial charge in [0, 0.05) is 43.8 Å². The van der Waals surface area contributed by atoms with Crippen molar-refractivity contribution in [2.75, 3.05) is 33.7 Å². The number of carbonyl (C=O) groups is 1. The minimum Gasteiger partial charge on any atom is -0.358 e. The van der Waals surface area contributed by atoms with Crippen LogP contribution in [-0.4, -0.2) is 55.5 Å². The first-order valence-electron chi connectivity index (χ1n) is 10.8. The monoisotopic (exact) mass is 397 g/mol. The van der Waals surface area contributed by atoms with E-state index < -0.39 is 0 Å². The number of rotatable bonds is 7. The fourth-order valence-electron chi connectivity index (χ4n) is 4.50. The zero-order valence-corrected chi connectivity index (χ0v) is 18.3. The van der Waals surface area contributed by atoms with Crippen molar-refractivity contribution < 1.29 is 4.79 Å². The second kappa shape index (κ2) is 9.33. The van der Waals surface area contributed by atoms with Gasteiger partial charge >= 0.3 is 0 Å². The quantitative estimate of drug-likeness (QED) is 0.496. The molecular formula is C23H35N5O. The summed E-state index contributed by atoms with van der Waals surface area (Å²) in [5.74, 6) is 1.01. The molecule has 1 saturated carbocycles. The number of amides is 1. The van der Waals surface area contributed by atoms with Gasteiger partial charge in [-0.3, -0.25) is 9.79 Å². The van der Waals surface area contributed by atoms with E-state index in [2.05, 4.69) is 53.7 Å². The minimum atomic E-state index is -0.334. The Balaban J connectivity index is 1.66. The molecule has 0 saturated heterocycles. The molecule has 0 spiro atoms. The normalized spacial score (nSPS) is 16.2. The molecule has 1 aliphatic rings. The Kier molecular flexibility index (Phi) is 6.83. The summed E-state index contributed by atoms with van der Waals surface area (Å²) < 4.78 is 0. The molecule has 0 bridgehead atoms. The zero-order valence-electron chi connectivity index (χ0n) is 18.3. The molecule has 1 aromatic carbocycles. The second-order valence-electron chi connectivity index (χ2n) is 8.33. The summed E-state index contributed by atoms with van der Waals surface area (Å²) in [5.41, 5.74) is 3.42. The van der Waals surface area contributed by atoms with Crippen LogP contribution in [0.5, 0.6) is 0 Å². The van der Waals surface area contributed by atoms with Crippen LogP contribution in [0.4, 0.5) is 0 Å². The fourth-order valence-corrected chi connectivity index (χ4v) is 4.50. The SMILES string of the molecule is CCNC(=NCC1(C(=O)N(C)C)CCCC1)NCCc1c(C)[nH]c2ccccc12. The highest BCUT2D eigenvalue weighted by Gasteiger charge is 2.42. The number of aliphatic imine (C=N–C) groups is 1. The molecule has 6 heteroatoms. The Morgan fingerprint density at radius 2 is 1.93 bits per heavy atom. The summed E-state index contributed by atoms with van der Waals surface area (Å²) >= 11 is 0. The third-order valence-corrected chi connectivity index (χ3v) is 6.00. The number of nitrogens with zero attached hydrogens (tertiary/aromatic N) is 2. The van der Waals surface area contributed by atoms with Gasteiger partial charge in [0.1, 0.15) is 0 Å². The van der Waals surface area contributed by atoms with Gasteiger partial charge in [-0.1, -0.05) is 31.0 Å². The number of H-pyrrole nitrogens is 1. The van der Waals surface area contributed by atoms with Gasteiger partial charge in [0.25, 0.3) is 0 Å². The number of aryl methyl sites for hydroxylation is 1. The molecule has 2 aromatic rings. The third kappa shape index (κ3) is 4.74. The van der Waals surface area contributed by atoms with Crippen LogP contribution in [0.2, 0.25) is 0 Å². The first-order valence-corrected chi connectivity index (χ1v) is 10.8. The van der Waals surface area contributed by atoms with E-state index in [0.717, 1.165) is 51.2 Å². The Morgan fingerprint density at radius 3 is 2.62 bits per heavy atom. The maximum Gasteiger partial charge on any atom is 0.230 e. The molecule has 0 aliphatic heterocycles. The van der Waals surface area contributed by atoms with Crippen molar-refractivity contribution in [1.29, 1.82) is 0 Å². The smallest absolute Gasteiger partial charge is 0.230 e. The number of para-hydroxylation sites is 1. The van der Waals surface area contributed by atoms with Crippen LogP contribution < -0.4 is 10.6 Å². The Hall–Kier alpha value is -2.50. The molecule has 158 valence electrons. The number of fused-ring (bicyclic) bond motifs is 1. The van der Waals surface area contributed by atoms with E-state index in [4.69, 9.17) is 4.99 Å². The lowest BCUT2D eigenvalue weighted by Crippen LogP contribution is -2.43. The number of aromatic nitrogens is 1. The van der Waals surface area contributed by atoms with Crippen LogP contribution >= 0.6 is 0 Å². The molecule has 1 heterocycles. The topological polar surface area (TPSA) is 72.5 Å². The molecule has 1 aliphatic carbocycles. The van der Waals surface area contributed by atoms with Crippen molar-refractivity contribution in [3.8, 4) is 0 Å². The summed E-state index contributed by atoms with van der Waals surface area (Å²) in [6.07, 6.45) is 5.00. The second-order valence-corrected chi connectivity index (χ2v) is 8.33. The Bertz CT molecular complexity index is 861. The van der Waals surface area contributed by atoms with Crippen molar-refractivity contribution in [1.82, 2.24) is 20.5 Å². The van der Waals surface area contributed by atoms with E-state index in [9.17, 15) is 4.79 Å². The average Bonchev–Trinajstić information content (AvgIpc) is 3.31. The molecule has 0 atom stereocenters. The molecule has 1 fully saturated rings. The molecule has 29 heavy (non-hydrogen) atoms. The van der Waals surface area contributed by atoms with Crippen LogP contribution in [-0.2, 0) is 11.2 Å². The summed E-state index contributed by atoms with van der Waals surface area (Å²) in [5, 5.41) is 8.08. The molecule has 1 aromatic heterocycles. The standard InChI is InChI=1S/C23H35N5O/c1-5-24-22(26-16-23(13-8-9-14-23)21(29)28(3)4)25-15-12-18-17(2)27-20-11-7-6-10-19(18)20/h6-7,10-11,27H,5,8-9,12-16H2,1-4H3,(H2,24,25,26). The predicted molar refractivity (Wildman–Crippen MR) is 120 cm³/mol. The van der Waals surface area contributed by atoms with E-state index in [0.29, 0.717) is 6.54 Å². The van der Waals surface area contributed by atoms with Gasteiger partial charge < -0.3 is 20.5 Å². The largest absolute Gasteiger partial charge is 0.358 e. The van der Waals surface area contributed by atoms with Crippen LogP contribution in [0.15, 0.2) is 29.3 Å². The van der Waals surface area contributed by atoms with Crippen LogP contribution in [0.1, 0.15) is 43.9 Å². The van der Waals surface area contributed by atoms with Gasteiger partial charge in [-0.25, -0.2) is 0 Å². The van der Waals surface area contributed by atoms with Crippen molar-refractivity contribution in [3.63, 3.8) is 0 Å². The maximum atomic E-state index is 12.8. The highest BCUT2D eigenvalue weighted by Crippen LogP contribution is 2.39. The molecule has 6 nitrogen and oxygen atoms in total. The van der Waals surface area contributed by atoms with Gasteiger partial charge in [0.15, 0.2) is 5.96 Å². The lowest BCUT2D eigenvalue weighted by atomic mass is 9.85. The predicted octanol–water partition coefficient (Wildman–Crippen LogP) is 3.22. The third-order valence-electron chi connectivity index (χ3n) is 6.00. The van der Waals surface area contributed by atoms with E-state index in [1.54, 1.807) is 4.90 Å². The Morgan fingerprint density at radius 1 is 1.21 bits per heavy atom. The summed E-state index contributed by atoms with van der Waals surface area (Å²) in [7, 11) is 3.69. The number of carbonyl (C=O) groups excluding carboxylic acids is 1. The van der Waals surface area contributed by atoms with E-state index >= 15 is 0 Å². The molecule has 1 amide bonds. The highest BCUT2D eigenvalue weighted by atomic mass is 16.2. The van der Waals surface area contributed by atoms with Gasteiger partial charge in [-0.15, -0.1) is 0 Å². The molecule has 3 rings (SSSR count). The summed E-state index contributed by atoms with van der Waals surface area (Å²) in [6, 6.07) is 8.43. The van der Waals surface area contributed by atoms with E-state index in [1.807, 2.05) is 14.1 Å². The van der Waals surface area contributed by atoms with Crippen LogP contribution in [0, 0.1) is 12.3 Å². The van der Waals surface area contributed by atoms with Crippen molar-refractivity contribution in [2.45, 2.75) is 46.0 Å². The molecule has 0 unspecified atom stereocenters. The van der Waals surface area contributed by atoms with Crippen molar-refractivity contribution in [2.24, 2.45) is 10.4 Å². The number of aromatic amines is 1. The number of benzene rings is 1. The highest BCUT2D eigenvalue weighted by molar-refractivity contribution is 5.85. The molecule has 3 N–H and O–H groups in total. The lowest BCUT2D eigenvalue weighted by Gasteiger charge is -2.29. The summed E-state index contributed by atoms with van der Waals surface area (Å²) in [4.78, 5) is 22.8. The van der Waals surface area contributed by atoms with Crippen molar-refractivity contribution >= 4 is 22.8 Å². The number of guanidine groups is 1. The minimum absolute atomic E-state index is 0.212. The lowest BCUT2D eigenvalue weighted by molar-refractivity contribution is -0.138. The van der Waals surface area contributed by atoms with Gasteiger partial charge in [-0.05, 0) is 44.7 Å². The number of hydrogen-bond donors (Lipinski definition) is 3. The Labute approximate surface area is 174 Å². The van der Waals surface area contributed by atoms with Gasteiger partial charge in [0.2, 0.25) is 5.91 Å². The van der Waals surface area contributed by atoms with Crippen molar-refractivity contribution in [3.05, 3.63) is 35.5 Å². The first-order chi connectivity index (χ1) is 14.0. The van der Waals surface area contributed by atoms with Gasteiger partial charge in [0.05, 0.1) is 12.0 Å². The maximum absolute atomic E-state index is 12.8. The number of hydrogen-bond acceptors (Lipinski definition) is 2. The zero-order chi connectivity index (χ0) is 20.9. The van der Waals surface area contributed by atoms with E-state index in [1.165, 1.54) is 22.2 Å².